The molecule has 0 N–H and O–H groups in total. The minimum Gasteiger partial charge on any atom is -0.294 e. The first kappa shape index (κ1) is 15.9. The molecule has 1 rings (SSSR count). The quantitative estimate of drug-likeness (QED) is 0.648. The summed E-state index contributed by atoms with van der Waals surface area (Å²) in [6.45, 7) is 15.0. The van der Waals surface area contributed by atoms with E-state index in [1.165, 1.54) is 11.1 Å². The van der Waals surface area contributed by atoms with Crippen LogP contribution in [0.3, 0.4) is 0 Å². The van der Waals surface area contributed by atoms with E-state index < -0.39 is 0 Å². The first-order valence-electron chi connectivity index (χ1n) is 7.29. The Morgan fingerprint density at radius 2 is 1.63 bits per heavy atom. The SMILES string of the molecule is CC(C)c1ccc(C(=O)CC(C)(C)C)c(C(C)C)c1. The topological polar surface area (TPSA) is 17.1 Å². The third-order valence-electron chi connectivity index (χ3n) is 3.36. The van der Waals surface area contributed by atoms with Crippen LogP contribution in [0.15, 0.2) is 18.2 Å². The van der Waals surface area contributed by atoms with E-state index in [9.17, 15) is 4.79 Å². The Kier molecular flexibility index (Phi) is 4.95. The number of hydrogen-bond acceptors (Lipinski definition) is 1. The van der Waals surface area contributed by atoms with Gasteiger partial charge in [0, 0.05) is 12.0 Å². The maximum atomic E-state index is 12.5. The lowest BCUT2D eigenvalue weighted by atomic mass is 9.84. The highest BCUT2D eigenvalue weighted by atomic mass is 16.1. The molecule has 0 unspecified atom stereocenters. The van der Waals surface area contributed by atoms with Crippen molar-refractivity contribution in [2.24, 2.45) is 5.41 Å². The van der Waals surface area contributed by atoms with E-state index in [0.717, 1.165) is 5.56 Å². The van der Waals surface area contributed by atoms with Crippen LogP contribution in [-0.4, -0.2) is 5.78 Å². The third-order valence-corrected chi connectivity index (χ3v) is 3.36. The average molecular weight is 260 g/mol. The lowest BCUT2D eigenvalue weighted by molar-refractivity contribution is 0.0938. The molecule has 0 amide bonds. The van der Waals surface area contributed by atoms with E-state index in [-0.39, 0.29) is 11.2 Å². The van der Waals surface area contributed by atoms with Crippen molar-refractivity contribution < 1.29 is 4.79 Å². The number of rotatable bonds is 4. The van der Waals surface area contributed by atoms with Gasteiger partial charge < -0.3 is 0 Å². The second-order valence-electron chi connectivity index (χ2n) is 7.32. The third kappa shape index (κ3) is 4.49. The molecule has 0 heterocycles. The first-order chi connectivity index (χ1) is 8.61. The summed E-state index contributed by atoms with van der Waals surface area (Å²) in [5.41, 5.74) is 3.47. The summed E-state index contributed by atoms with van der Waals surface area (Å²) in [6.07, 6.45) is 0.605. The molecule has 0 aliphatic heterocycles. The van der Waals surface area contributed by atoms with Crippen LogP contribution in [0.5, 0.6) is 0 Å². The van der Waals surface area contributed by atoms with Gasteiger partial charge in [-0.3, -0.25) is 4.79 Å². The van der Waals surface area contributed by atoms with Gasteiger partial charge in [0.1, 0.15) is 0 Å². The van der Waals surface area contributed by atoms with Crippen molar-refractivity contribution in [1.82, 2.24) is 0 Å². The zero-order chi connectivity index (χ0) is 14.8. The summed E-state index contributed by atoms with van der Waals surface area (Å²) >= 11 is 0. The highest BCUT2D eigenvalue weighted by molar-refractivity contribution is 5.98. The summed E-state index contributed by atoms with van der Waals surface area (Å²) in [6, 6.07) is 6.34. The lowest BCUT2D eigenvalue weighted by Gasteiger charge is -2.20. The predicted molar refractivity (Wildman–Crippen MR) is 83.0 cm³/mol. The van der Waals surface area contributed by atoms with Gasteiger partial charge in [-0.05, 0) is 28.4 Å². The standard InChI is InChI=1S/C18H28O/c1-12(2)14-8-9-15(16(10-14)13(3)4)17(19)11-18(5,6)7/h8-10,12-13H,11H2,1-7H3. The van der Waals surface area contributed by atoms with Gasteiger partial charge in [0.25, 0.3) is 0 Å². The summed E-state index contributed by atoms with van der Waals surface area (Å²) in [5.74, 6) is 1.16. The lowest BCUT2D eigenvalue weighted by Crippen LogP contribution is -2.15. The van der Waals surface area contributed by atoms with Gasteiger partial charge in [0.15, 0.2) is 5.78 Å². The van der Waals surface area contributed by atoms with E-state index >= 15 is 0 Å². The fraction of sp³-hybridized carbons (Fsp3) is 0.611. The molecule has 1 heteroatoms. The molecule has 1 aromatic rings. The predicted octanol–water partition coefficient (Wildman–Crippen LogP) is 5.55. The van der Waals surface area contributed by atoms with Crippen molar-refractivity contribution in [3.8, 4) is 0 Å². The van der Waals surface area contributed by atoms with Crippen LogP contribution in [0.1, 0.15) is 88.2 Å². The smallest absolute Gasteiger partial charge is 0.163 e. The molecule has 1 aromatic carbocycles. The number of carbonyl (C=O) groups is 1. The van der Waals surface area contributed by atoms with Crippen LogP contribution >= 0.6 is 0 Å². The molecular weight excluding hydrogens is 232 g/mol. The number of carbonyl (C=O) groups excluding carboxylic acids is 1. The maximum absolute atomic E-state index is 12.5. The largest absolute Gasteiger partial charge is 0.294 e. The number of Topliss-reactive ketones (excluding diaryl/α,β-unsaturated/α-hetero) is 1. The van der Waals surface area contributed by atoms with Crippen molar-refractivity contribution in [2.75, 3.05) is 0 Å². The molecular formula is C18H28O. The van der Waals surface area contributed by atoms with E-state index in [0.29, 0.717) is 18.3 Å². The van der Waals surface area contributed by atoms with Crippen molar-refractivity contribution in [2.45, 2.75) is 66.7 Å². The highest BCUT2D eigenvalue weighted by Gasteiger charge is 2.21. The molecule has 0 atom stereocenters. The molecule has 0 saturated carbocycles. The number of ketones is 1. The Hall–Kier alpha value is -1.11. The molecule has 0 saturated heterocycles. The summed E-state index contributed by atoms with van der Waals surface area (Å²) in [7, 11) is 0. The first-order valence-corrected chi connectivity index (χ1v) is 7.29. The van der Waals surface area contributed by atoms with Gasteiger partial charge in [-0.15, -0.1) is 0 Å². The van der Waals surface area contributed by atoms with E-state index in [1.54, 1.807) is 0 Å². The average Bonchev–Trinajstić information content (AvgIpc) is 2.25. The molecule has 1 nitrogen and oxygen atoms in total. The van der Waals surface area contributed by atoms with Crippen LogP contribution < -0.4 is 0 Å². The van der Waals surface area contributed by atoms with Gasteiger partial charge in [-0.1, -0.05) is 66.7 Å². The van der Waals surface area contributed by atoms with Crippen molar-refractivity contribution in [3.05, 3.63) is 34.9 Å². The fourth-order valence-electron chi connectivity index (χ4n) is 2.25. The Labute approximate surface area is 118 Å². The summed E-state index contributed by atoms with van der Waals surface area (Å²) in [4.78, 5) is 12.5. The number of benzene rings is 1. The molecule has 0 bridgehead atoms. The molecule has 0 fully saturated rings. The molecule has 0 spiro atoms. The van der Waals surface area contributed by atoms with Crippen LogP contribution in [-0.2, 0) is 0 Å². The molecule has 0 aliphatic rings. The van der Waals surface area contributed by atoms with E-state index in [4.69, 9.17) is 0 Å². The van der Waals surface area contributed by atoms with Crippen molar-refractivity contribution >= 4 is 5.78 Å². The van der Waals surface area contributed by atoms with E-state index in [1.807, 2.05) is 6.07 Å². The van der Waals surface area contributed by atoms with Crippen molar-refractivity contribution in [1.29, 1.82) is 0 Å². The van der Waals surface area contributed by atoms with Crippen LogP contribution in [0.2, 0.25) is 0 Å². The number of hydrogen-bond donors (Lipinski definition) is 0. The zero-order valence-corrected chi connectivity index (χ0v) is 13.5. The van der Waals surface area contributed by atoms with Crippen molar-refractivity contribution in [3.63, 3.8) is 0 Å². The Morgan fingerprint density at radius 1 is 1.05 bits per heavy atom. The van der Waals surface area contributed by atoms with Gasteiger partial charge in [-0.2, -0.15) is 0 Å². The zero-order valence-electron chi connectivity index (χ0n) is 13.5. The highest BCUT2D eigenvalue weighted by Crippen LogP contribution is 2.28. The van der Waals surface area contributed by atoms with Crippen LogP contribution in [0.4, 0.5) is 0 Å². The second kappa shape index (κ2) is 5.90. The molecule has 19 heavy (non-hydrogen) atoms. The Bertz CT molecular complexity index is 447. The Balaban J connectivity index is 3.17. The second-order valence-corrected chi connectivity index (χ2v) is 7.32. The van der Waals surface area contributed by atoms with Gasteiger partial charge >= 0.3 is 0 Å². The molecule has 0 radical (unpaired) electrons. The normalized spacial score (nSPS) is 12.3. The summed E-state index contributed by atoms with van der Waals surface area (Å²) < 4.78 is 0. The fourth-order valence-corrected chi connectivity index (χ4v) is 2.25. The van der Waals surface area contributed by atoms with Gasteiger partial charge in [-0.25, -0.2) is 0 Å². The maximum Gasteiger partial charge on any atom is 0.163 e. The Morgan fingerprint density at radius 3 is 2.05 bits per heavy atom. The monoisotopic (exact) mass is 260 g/mol. The van der Waals surface area contributed by atoms with E-state index in [2.05, 4.69) is 60.6 Å². The van der Waals surface area contributed by atoms with Gasteiger partial charge in [0.2, 0.25) is 0 Å². The molecule has 106 valence electrons. The van der Waals surface area contributed by atoms with Crippen LogP contribution in [0, 0.1) is 5.41 Å². The minimum atomic E-state index is 0.0437. The van der Waals surface area contributed by atoms with Gasteiger partial charge in [0.05, 0.1) is 0 Å². The minimum absolute atomic E-state index is 0.0437. The molecule has 0 aromatic heterocycles. The van der Waals surface area contributed by atoms with Crippen LogP contribution in [0.25, 0.3) is 0 Å². The molecule has 0 aliphatic carbocycles. The summed E-state index contributed by atoms with van der Waals surface area (Å²) in [5, 5.41) is 0.